The van der Waals surface area contributed by atoms with Crippen LogP contribution in [0.25, 0.3) is 21.9 Å². The second-order valence-corrected chi connectivity index (χ2v) is 7.01. The summed E-state index contributed by atoms with van der Waals surface area (Å²) in [4.78, 5) is 0. The fraction of sp³-hybridized carbons (Fsp3) is 0.0952. The van der Waals surface area contributed by atoms with Crippen LogP contribution in [0.2, 0.25) is 5.02 Å². The third kappa shape index (κ3) is 3.44. The molecule has 3 aromatic carbocycles. The fourth-order valence-electron chi connectivity index (χ4n) is 2.97. The number of ether oxygens (including phenoxy) is 1. The summed E-state index contributed by atoms with van der Waals surface area (Å²) in [6.45, 7) is 1.95. The molecular formula is C21H17ClN2O2S. The normalized spacial score (nSPS) is 10.9. The highest BCUT2D eigenvalue weighted by atomic mass is 35.5. The number of anilines is 2. The minimum atomic E-state index is 0.434. The maximum atomic E-state index is 6.17. The smallest absolute Gasteiger partial charge is 0.175 e. The van der Waals surface area contributed by atoms with E-state index in [0.29, 0.717) is 15.9 Å². The lowest BCUT2D eigenvalue weighted by Crippen LogP contribution is -2.19. The van der Waals surface area contributed by atoms with E-state index in [1.807, 2.05) is 61.5 Å². The van der Waals surface area contributed by atoms with Crippen molar-refractivity contribution in [2.24, 2.45) is 0 Å². The summed E-state index contributed by atoms with van der Waals surface area (Å²) in [7, 11) is 1.63. The summed E-state index contributed by atoms with van der Waals surface area (Å²) in [5, 5.41) is 9.47. The van der Waals surface area contributed by atoms with E-state index in [0.717, 1.165) is 38.9 Å². The van der Waals surface area contributed by atoms with Gasteiger partial charge in [-0.2, -0.15) is 0 Å². The number of aryl methyl sites for hydroxylation is 1. The van der Waals surface area contributed by atoms with Gasteiger partial charge in [0, 0.05) is 27.5 Å². The number of methoxy groups -OCH3 is 1. The summed E-state index contributed by atoms with van der Waals surface area (Å²) in [5.74, 6) is 0.681. The molecule has 0 amide bonds. The van der Waals surface area contributed by atoms with E-state index in [-0.39, 0.29) is 0 Å². The van der Waals surface area contributed by atoms with Crippen molar-refractivity contribution in [2.45, 2.75) is 6.92 Å². The number of halogens is 1. The van der Waals surface area contributed by atoms with Crippen LogP contribution in [0.5, 0.6) is 5.75 Å². The van der Waals surface area contributed by atoms with Gasteiger partial charge in [0.25, 0.3) is 0 Å². The second kappa shape index (κ2) is 7.10. The van der Waals surface area contributed by atoms with E-state index < -0.39 is 0 Å². The van der Waals surface area contributed by atoms with Crippen molar-refractivity contribution < 1.29 is 9.15 Å². The Hall–Kier alpha value is -2.76. The van der Waals surface area contributed by atoms with Gasteiger partial charge in [0.1, 0.15) is 16.9 Å². The van der Waals surface area contributed by atoms with Crippen molar-refractivity contribution >= 4 is 62.2 Å². The minimum absolute atomic E-state index is 0.434. The van der Waals surface area contributed by atoms with Crippen molar-refractivity contribution in [2.75, 3.05) is 17.7 Å². The highest BCUT2D eigenvalue weighted by molar-refractivity contribution is 7.80. The third-order valence-electron chi connectivity index (χ3n) is 4.38. The highest BCUT2D eigenvalue weighted by Crippen LogP contribution is 2.36. The molecule has 4 aromatic rings. The van der Waals surface area contributed by atoms with Crippen LogP contribution in [-0.4, -0.2) is 12.2 Å². The number of benzene rings is 3. The van der Waals surface area contributed by atoms with E-state index in [4.69, 9.17) is 33.0 Å². The Labute approximate surface area is 167 Å². The van der Waals surface area contributed by atoms with Crippen molar-refractivity contribution in [3.8, 4) is 5.75 Å². The third-order valence-corrected chi connectivity index (χ3v) is 4.99. The minimum Gasteiger partial charge on any atom is -0.495 e. The lowest BCUT2D eigenvalue weighted by Gasteiger charge is -2.14. The Morgan fingerprint density at radius 2 is 1.81 bits per heavy atom. The molecule has 1 aromatic heterocycles. The van der Waals surface area contributed by atoms with Gasteiger partial charge in [-0.3, -0.25) is 0 Å². The summed E-state index contributed by atoms with van der Waals surface area (Å²) in [6, 6.07) is 17.5. The molecule has 0 radical (unpaired) electrons. The van der Waals surface area contributed by atoms with Gasteiger partial charge >= 0.3 is 0 Å². The second-order valence-electron chi connectivity index (χ2n) is 6.19. The van der Waals surface area contributed by atoms with Crippen LogP contribution in [0.15, 0.2) is 59.0 Å². The van der Waals surface area contributed by atoms with Gasteiger partial charge in [0.2, 0.25) is 0 Å². The average Bonchev–Trinajstić information content (AvgIpc) is 3.01. The number of rotatable bonds is 3. The van der Waals surface area contributed by atoms with Gasteiger partial charge in [-0.15, -0.1) is 0 Å². The number of para-hydroxylation sites is 1. The molecule has 1 heterocycles. The molecule has 0 spiro atoms. The van der Waals surface area contributed by atoms with Crippen LogP contribution in [0.4, 0.5) is 11.4 Å². The molecule has 4 rings (SSSR count). The summed E-state index contributed by atoms with van der Waals surface area (Å²) >= 11 is 11.6. The molecule has 0 saturated heterocycles. The molecule has 0 aliphatic rings. The number of hydrogen-bond acceptors (Lipinski definition) is 3. The van der Waals surface area contributed by atoms with Crippen LogP contribution in [-0.2, 0) is 0 Å². The van der Waals surface area contributed by atoms with Crippen LogP contribution in [0.1, 0.15) is 5.56 Å². The molecular weight excluding hydrogens is 380 g/mol. The maximum Gasteiger partial charge on any atom is 0.175 e. The molecule has 2 N–H and O–H groups in total. The number of hydrogen-bond donors (Lipinski definition) is 2. The quantitative estimate of drug-likeness (QED) is 0.394. The van der Waals surface area contributed by atoms with Gasteiger partial charge in [-0.05, 0) is 49.0 Å². The molecule has 6 heteroatoms. The van der Waals surface area contributed by atoms with E-state index in [1.165, 1.54) is 0 Å². The predicted molar refractivity (Wildman–Crippen MR) is 116 cm³/mol. The molecule has 0 aliphatic carbocycles. The lowest BCUT2D eigenvalue weighted by molar-refractivity contribution is 0.417. The Kier molecular flexibility index (Phi) is 4.64. The first-order chi connectivity index (χ1) is 13.0. The first-order valence-corrected chi connectivity index (χ1v) is 9.17. The standard InChI is InChI=1S/C21H17ClN2O2S/c1-12-7-8-13(9-16(12)22)23-21(27)24-17-11-19-15(10-20(17)25-2)14-5-3-4-6-18(14)26-19/h3-11H,1-2H3,(H2,23,24,27). The molecule has 0 saturated carbocycles. The summed E-state index contributed by atoms with van der Waals surface area (Å²) < 4.78 is 11.5. The Balaban J connectivity index is 1.64. The van der Waals surface area contributed by atoms with Crippen LogP contribution >= 0.6 is 23.8 Å². The predicted octanol–water partition coefficient (Wildman–Crippen LogP) is 6.37. The van der Waals surface area contributed by atoms with Crippen LogP contribution in [0.3, 0.4) is 0 Å². The number of nitrogens with one attached hydrogen (secondary N) is 2. The molecule has 0 bridgehead atoms. The largest absolute Gasteiger partial charge is 0.495 e. The SMILES string of the molecule is COc1cc2c(cc1NC(=S)Nc1ccc(C)c(Cl)c1)oc1ccccc12. The topological polar surface area (TPSA) is 46.4 Å². The molecule has 0 aliphatic heterocycles. The first kappa shape index (κ1) is 17.6. The molecule has 4 nitrogen and oxygen atoms in total. The average molecular weight is 397 g/mol. The monoisotopic (exact) mass is 396 g/mol. The number of furan rings is 1. The highest BCUT2D eigenvalue weighted by Gasteiger charge is 2.13. The molecule has 0 fully saturated rings. The molecule has 0 atom stereocenters. The van der Waals surface area contributed by atoms with Gasteiger partial charge in [0.05, 0.1) is 12.8 Å². The summed E-state index contributed by atoms with van der Waals surface area (Å²) in [6.07, 6.45) is 0. The zero-order chi connectivity index (χ0) is 19.0. The Morgan fingerprint density at radius 1 is 1.00 bits per heavy atom. The Morgan fingerprint density at radius 3 is 2.59 bits per heavy atom. The summed E-state index contributed by atoms with van der Waals surface area (Å²) in [5.41, 5.74) is 4.15. The van der Waals surface area contributed by atoms with Gasteiger partial charge in [-0.25, -0.2) is 0 Å². The Bertz CT molecular complexity index is 1170. The van der Waals surface area contributed by atoms with Gasteiger partial charge in [-0.1, -0.05) is 35.9 Å². The van der Waals surface area contributed by atoms with E-state index in [1.54, 1.807) is 7.11 Å². The number of fused-ring (bicyclic) bond motifs is 3. The van der Waals surface area contributed by atoms with Crippen molar-refractivity contribution in [1.29, 1.82) is 0 Å². The zero-order valence-corrected chi connectivity index (χ0v) is 16.4. The van der Waals surface area contributed by atoms with Gasteiger partial charge in [0.15, 0.2) is 5.11 Å². The van der Waals surface area contributed by atoms with Crippen LogP contribution < -0.4 is 15.4 Å². The van der Waals surface area contributed by atoms with E-state index in [2.05, 4.69) is 10.6 Å². The van der Waals surface area contributed by atoms with Crippen LogP contribution in [0, 0.1) is 6.92 Å². The van der Waals surface area contributed by atoms with Crippen molar-refractivity contribution in [1.82, 2.24) is 0 Å². The van der Waals surface area contributed by atoms with Crippen molar-refractivity contribution in [3.05, 3.63) is 65.2 Å². The molecule has 27 heavy (non-hydrogen) atoms. The molecule has 136 valence electrons. The van der Waals surface area contributed by atoms with Gasteiger partial charge < -0.3 is 19.8 Å². The van der Waals surface area contributed by atoms with E-state index >= 15 is 0 Å². The lowest BCUT2D eigenvalue weighted by atomic mass is 10.1. The first-order valence-electron chi connectivity index (χ1n) is 8.38. The molecule has 0 unspecified atom stereocenters. The fourth-order valence-corrected chi connectivity index (χ4v) is 3.38. The van der Waals surface area contributed by atoms with Crippen molar-refractivity contribution in [3.63, 3.8) is 0 Å². The zero-order valence-electron chi connectivity index (χ0n) is 14.8. The number of thiocarbonyl (C=S) groups is 1. The maximum absolute atomic E-state index is 6.17. The van der Waals surface area contributed by atoms with E-state index in [9.17, 15) is 0 Å².